The Balaban J connectivity index is 1.47. The SMILES string of the molecule is CCCCCCCCCCCCCC(=O)N1CCc2ccccc21. The molecule has 1 aliphatic rings. The Labute approximate surface area is 148 Å². The van der Waals surface area contributed by atoms with Crippen molar-refractivity contribution in [2.75, 3.05) is 11.4 Å². The number of unbranched alkanes of at least 4 members (excludes halogenated alkanes) is 10. The van der Waals surface area contributed by atoms with Crippen LogP contribution in [0.25, 0.3) is 0 Å². The molecular formula is C22H35NO. The van der Waals surface area contributed by atoms with E-state index in [-0.39, 0.29) is 0 Å². The van der Waals surface area contributed by atoms with Crippen molar-refractivity contribution >= 4 is 11.6 Å². The summed E-state index contributed by atoms with van der Waals surface area (Å²) in [5, 5.41) is 0. The summed E-state index contributed by atoms with van der Waals surface area (Å²) in [6.45, 7) is 3.14. The molecule has 0 atom stereocenters. The fourth-order valence-corrected chi connectivity index (χ4v) is 3.67. The Morgan fingerprint density at radius 2 is 1.46 bits per heavy atom. The molecule has 1 aromatic rings. The molecule has 0 radical (unpaired) electrons. The number of fused-ring (bicyclic) bond motifs is 1. The Morgan fingerprint density at radius 1 is 0.875 bits per heavy atom. The average Bonchev–Trinajstić information content (AvgIpc) is 3.03. The summed E-state index contributed by atoms with van der Waals surface area (Å²) in [7, 11) is 0. The van der Waals surface area contributed by atoms with Crippen molar-refractivity contribution in [1.82, 2.24) is 0 Å². The number of hydrogen-bond donors (Lipinski definition) is 0. The predicted molar refractivity (Wildman–Crippen MR) is 104 cm³/mol. The molecule has 0 fully saturated rings. The van der Waals surface area contributed by atoms with Crippen molar-refractivity contribution < 1.29 is 4.79 Å². The van der Waals surface area contributed by atoms with Gasteiger partial charge in [0.15, 0.2) is 0 Å². The van der Waals surface area contributed by atoms with Gasteiger partial charge in [-0.2, -0.15) is 0 Å². The second-order valence-electron chi connectivity index (χ2n) is 7.21. The molecule has 0 saturated carbocycles. The molecule has 0 unspecified atom stereocenters. The van der Waals surface area contributed by atoms with Gasteiger partial charge < -0.3 is 4.90 Å². The second-order valence-corrected chi connectivity index (χ2v) is 7.21. The molecule has 1 aliphatic heterocycles. The zero-order valence-corrected chi connectivity index (χ0v) is 15.6. The fraction of sp³-hybridized carbons (Fsp3) is 0.682. The minimum absolute atomic E-state index is 0.316. The molecule has 0 saturated heterocycles. The van der Waals surface area contributed by atoms with Crippen LogP contribution in [0.4, 0.5) is 5.69 Å². The monoisotopic (exact) mass is 329 g/mol. The van der Waals surface area contributed by atoms with E-state index in [0.29, 0.717) is 12.3 Å². The summed E-state index contributed by atoms with van der Waals surface area (Å²) in [6, 6.07) is 8.33. The van der Waals surface area contributed by atoms with Crippen LogP contribution in [0.3, 0.4) is 0 Å². The van der Waals surface area contributed by atoms with Gasteiger partial charge in [-0.25, -0.2) is 0 Å². The minimum Gasteiger partial charge on any atom is -0.312 e. The molecular weight excluding hydrogens is 294 g/mol. The van der Waals surface area contributed by atoms with E-state index >= 15 is 0 Å². The molecule has 2 rings (SSSR count). The van der Waals surface area contributed by atoms with Gasteiger partial charge in [-0.1, -0.05) is 89.3 Å². The van der Waals surface area contributed by atoms with E-state index in [4.69, 9.17) is 0 Å². The summed E-state index contributed by atoms with van der Waals surface area (Å²) in [5.74, 6) is 0.316. The predicted octanol–water partition coefficient (Wildman–Crippen LogP) is 6.28. The van der Waals surface area contributed by atoms with Crippen LogP contribution < -0.4 is 4.90 Å². The molecule has 1 aromatic carbocycles. The van der Waals surface area contributed by atoms with Gasteiger partial charge in [-0.05, 0) is 24.5 Å². The highest BCUT2D eigenvalue weighted by Crippen LogP contribution is 2.28. The summed E-state index contributed by atoms with van der Waals surface area (Å²) in [5.41, 5.74) is 2.47. The zero-order valence-electron chi connectivity index (χ0n) is 15.6. The van der Waals surface area contributed by atoms with Gasteiger partial charge in [-0.3, -0.25) is 4.79 Å². The standard InChI is InChI=1S/C22H35NO/c1-2-3-4-5-6-7-8-9-10-11-12-17-22(24)23-19-18-20-15-13-14-16-21(20)23/h13-16H,2-12,17-19H2,1H3. The number of amides is 1. The first-order chi connectivity index (χ1) is 11.8. The second kappa shape index (κ2) is 11.3. The number of hydrogen-bond acceptors (Lipinski definition) is 1. The Kier molecular flexibility index (Phi) is 8.94. The van der Waals surface area contributed by atoms with Crippen LogP contribution in [0.2, 0.25) is 0 Å². The van der Waals surface area contributed by atoms with Crippen molar-refractivity contribution in [2.24, 2.45) is 0 Å². The molecule has 0 N–H and O–H groups in total. The molecule has 0 spiro atoms. The third kappa shape index (κ3) is 6.30. The van der Waals surface area contributed by atoms with Crippen molar-refractivity contribution in [3.05, 3.63) is 29.8 Å². The summed E-state index contributed by atoms with van der Waals surface area (Å²) >= 11 is 0. The first-order valence-electron chi connectivity index (χ1n) is 10.2. The van der Waals surface area contributed by atoms with Crippen LogP contribution in [0, 0.1) is 0 Å². The minimum atomic E-state index is 0.316. The van der Waals surface area contributed by atoms with Crippen LogP contribution in [-0.2, 0) is 11.2 Å². The first-order valence-corrected chi connectivity index (χ1v) is 10.2. The van der Waals surface area contributed by atoms with Gasteiger partial charge in [0.2, 0.25) is 5.91 Å². The van der Waals surface area contributed by atoms with E-state index in [1.165, 1.54) is 69.8 Å². The molecule has 24 heavy (non-hydrogen) atoms. The van der Waals surface area contributed by atoms with Crippen LogP contribution in [0.1, 0.15) is 89.5 Å². The Morgan fingerprint density at radius 3 is 2.12 bits per heavy atom. The molecule has 2 nitrogen and oxygen atoms in total. The lowest BCUT2D eigenvalue weighted by atomic mass is 10.1. The van der Waals surface area contributed by atoms with Gasteiger partial charge >= 0.3 is 0 Å². The maximum absolute atomic E-state index is 12.4. The number of nitrogens with zero attached hydrogens (tertiary/aromatic N) is 1. The molecule has 2 heteroatoms. The molecule has 1 amide bonds. The number of rotatable bonds is 12. The van der Waals surface area contributed by atoms with Crippen molar-refractivity contribution in [3.8, 4) is 0 Å². The summed E-state index contributed by atoms with van der Waals surface area (Å²) in [4.78, 5) is 14.4. The Hall–Kier alpha value is -1.31. The lowest BCUT2D eigenvalue weighted by Crippen LogP contribution is -2.28. The van der Waals surface area contributed by atoms with Crippen LogP contribution >= 0.6 is 0 Å². The normalized spacial score (nSPS) is 13.3. The third-order valence-corrected chi connectivity index (χ3v) is 5.18. The zero-order chi connectivity index (χ0) is 17.0. The highest BCUT2D eigenvalue weighted by molar-refractivity contribution is 5.95. The van der Waals surface area contributed by atoms with Crippen molar-refractivity contribution in [2.45, 2.75) is 90.4 Å². The molecule has 0 bridgehead atoms. The topological polar surface area (TPSA) is 20.3 Å². The van der Waals surface area contributed by atoms with Crippen molar-refractivity contribution in [3.63, 3.8) is 0 Å². The van der Waals surface area contributed by atoms with Gasteiger partial charge in [-0.15, -0.1) is 0 Å². The largest absolute Gasteiger partial charge is 0.312 e. The van der Waals surface area contributed by atoms with E-state index in [9.17, 15) is 4.79 Å². The Bertz CT molecular complexity index is 483. The molecule has 0 aromatic heterocycles. The highest BCUT2D eigenvalue weighted by atomic mass is 16.2. The first kappa shape index (κ1) is 19.0. The maximum atomic E-state index is 12.4. The molecule has 0 aliphatic carbocycles. The third-order valence-electron chi connectivity index (χ3n) is 5.18. The van der Waals surface area contributed by atoms with E-state index < -0.39 is 0 Å². The lowest BCUT2D eigenvalue weighted by Gasteiger charge is -2.17. The maximum Gasteiger partial charge on any atom is 0.226 e. The summed E-state index contributed by atoms with van der Waals surface area (Å²) in [6.07, 6.45) is 16.4. The van der Waals surface area contributed by atoms with Crippen molar-refractivity contribution in [1.29, 1.82) is 0 Å². The number of benzene rings is 1. The smallest absolute Gasteiger partial charge is 0.226 e. The van der Waals surface area contributed by atoms with Gasteiger partial charge in [0.05, 0.1) is 0 Å². The molecule has 1 heterocycles. The van der Waals surface area contributed by atoms with E-state index in [2.05, 4.69) is 25.1 Å². The average molecular weight is 330 g/mol. The summed E-state index contributed by atoms with van der Waals surface area (Å²) < 4.78 is 0. The number of carbonyl (C=O) groups excluding carboxylic acids is 1. The van der Waals surface area contributed by atoms with Gasteiger partial charge in [0.1, 0.15) is 0 Å². The fourth-order valence-electron chi connectivity index (χ4n) is 3.67. The van der Waals surface area contributed by atoms with E-state index in [1.54, 1.807) is 0 Å². The van der Waals surface area contributed by atoms with Crippen LogP contribution in [0.5, 0.6) is 0 Å². The number of para-hydroxylation sites is 1. The van der Waals surface area contributed by atoms with Gasteiger partial charge in [0.25, 0.3) is 0 Å². The number of carbonyl (C=O) groups is 1. The van der Waals surface area contributed by atoms with Crippen LogP contribution in [-0.4, -0.2) is 12.5 Å². The number of anilines is 1. The molecule has 134 valence electrons. The highest BCUT2D eigenvalue weighted by Gasteiger charge is 2.23. The van der Waals surface area contributed by atoms with E-state index in [0.717, 1.165) is 25.1 Å². The quantitative estimate of drug-likeness (QED) is 0.413. The lowest BCUT2D eigenvalue weighted by molar-refractivity contribution is -0.118. The van der Waals surface area contributed by atoms with Gasteiger partial charge in [0, 0.05) is 18.7 Å². The van der Waals surface area contributed by atoms with Crippen LogP contribution in [0.15, 0.2) is 24.3 Å². The van der Waals surface area contributed by atoms with E-state index in [1.807, 2.05) is 11.0 Å².